The van der Waals surface area contributed by atoms with E-state index >= 15 is 0 Å². The molecule has 3 rings (SSSR count). The van der Waals surface area contributed by atoms with Crippen molar-refractivity contribution in [2.75, 3.05) is 13.1 Å². The summed E-state index contributed by atoms with van der Waals surface area (Å²) in [5.41, 5.74) is 0.897. The minimum Gasteiger partial charge on any atom is -0.345 e. The molecule has 0 radical (unpaired) electrons. The van der Waals surface area contributed by atoms with Crippen LogP contribution in [-0.4, -0.2) is 52.8 Å². The van der Waals surface area contributed by atoms with E-state index in [4.69, 9.17) is 0 Å². The maximum Gasteiger partial charge on any atom is 0.280 e. The average Bonchev–Trinajstić information content (AvgIpc) is 3.10. The number of rotatable bonds is 3. The Morgan fingerprint density at radius 3 is 2.91 bits per heavy atom. The monoisotopic (exact) mass is 322 g/mol. The van der Waals surface area contributed by atoms with E-state index < -0.39 is 6.04 Å². The maximum absolute atomic E-state index is 12.2. The molecule has 2 atom stereocenters. The molecule has 0 aliphatic carbocycles. The minimum absolute atomic E-state index is 0.0419. The first-order valence-corrected chi connectivity index (χ1v) is 8.17. The van der Waals surface area contributed by atoms with Crippen LogP contribution in [0.1, 0.15) is 41.7 Å². The fourth-order valence-corrected chi connectivity index (χ4v) is 3.63. The number of nitrogens with zero attached hydrogens (tertiary/aromatic N) is 2. The van der Waals surface area contributed by atoms with Gasteiger partial charge < -0.3 is 15.5 Å². The molecule has 1 aromatic rings. The number of carbonyl (C=O) groups is 3. The molecule has 2 aliphatic rings. The normalized spacial score (nSPS) is 24.4. The lowest BCUT2D eigenvalue weighted by atomic mass is 10.1. The van der Waals surface area contributed by atoms with Crippen LogP contribution < -0.4 is 10.6 Å². The van der Waals surface area contributed by atoms with Gasteiger partial charge in [-0.05, 0) is 12.3 Å². The maximum atomic E-state index is 12.2. The molecule has 2 fully saturated rings. The van der Waals surface area contributed by atoms with E-state index in [1.54, 1.807) is 4.90 Å². The Labute approximate surface area is 132 Å². The summed E-state index contributed by atoms with van der Waals surface area (Å²) in [4.78, 5) is 41.7. The van der Waals surface area contributed by atoms with E-state index in [9.17, 15) is 14.4 Å². The van der Waals surface area contributed by atoms with Gasteiger partial charge in [0, 0.05) is 18.0 Å². The van der Waals surface area contributed by atoms with E-state index in [2.05, 4.69) is 15.6 Å². The summed E-state index contributed by atoms with van der Waals surface area (Å²) >= 11 is 1.31. The summed E-state index contributed by atoms with van der Waals surface area (Å²) in [6.07, 6.45) is 0.450. The first-order valence-electron chi connectivity index (χ1n) is 7.29. The second-order valence-corrected chi connectivity index (χ2v) is 6.78. The number of thiazole rings is 1. The van der Waals surface area contributed by atoms with Crippen molar-refractivity contribution in [2.24, 2.45) is 0 Å². The highest BCUT2D eigenvalue weighted by Gasteiger charge is 2.42. The molecule has 118 valence electrons. The van der Waals surface area contributed by atoms with Gasteiger partial charge in [0.1, 0.15) is 6.04 Å². The van der Waals surface area contributed by atoms with Crippen molar-refractivity contribution in [3.8, 4) is 0 Å². The van der Waals surface area contributed by atoms with Gasteiger partial charge in [0.25, 0.3) is 5.91 Å². The zero-order valence-electron chi connectivity index (χ0n) is 12.5. The van der Waals surface area contributed by atoms with Crippen LogP contribution in [0.4, 0.5) is 0 Å². The summed E-state index contributed by atoms with van der Waals surface area (Å²) in [5.74, 6) is -0.209. The van der Waals surface area contributed by atoms with Crippen molar-refractivity contribution < 1.29 is 14.4 Å². The van der Waals surface area contributed by atoms with E-state index in [1.807, 2.05) is 19.2 Å². The molecule has 3 amide bonds. The summed E-state index contributed by atoms with van der Waals surface area (Å²) in [6, 6.07) is -0.675. The molecule has 2 saturated heterocycles. The molecule has 22 heavy (non-hydrogen) atoms. The van der Waals surface area contributed by atoms with E-state index in [1.165, 1.54) is 11.3 Å². The molecule has 0 saturated carbocycles. The smallest absolute Gasteiger partial charge is 0.280 e. The van der Waals surface area contributed by atoms with Crippen LogP contribution in [0.2, 0.25) is 0 Å². The molecule has 2 N–H and O–H groups in total. The van der Waals surface area contributed by atoms with Crippen LogP contribution >= 0.6 is 11.3 Å². The number of aromatic nitrogens is 1. The van der Waals surface area contributed by atoms with Crippen LogP contribution in [0.15, 0.2) is 5.38 Å². The SMILES string of the molecule is CC(C)c1csc(C(=O)N[C@@H]2C[C@H]3C(=O)NCC(=O)N3C2)n1. The molecule has 2 aliphatic heterocycles. The van der Waals surface area contributed by atoms with Gasteiger partial charge in [-0.15, -0.1) is 11.3 Å². The standard InChI is InChI=1S/C14H18N4O3S/c1-7(2)9-6-22-14(17-9)13(21)16-8-3-10-12(20)15-4-11(19)18(10)5-8/h6-8,10H,3-5H2,1-2H3,(H,15,20)(H,16,21)/t8-,10+/m1/s1. The number of amides is 3. The summed E-state index contributed by atoms with van der Waals surface area (Å²) in [6.45, 7) is 4.47. The first-order chi connectivity index (χ1) is 10.5. The van der Waals surface area contributed by atoms with Gasteiger partial charge in [-0.25, -0.2) is 4.98 Å². The molecule has 8 heteroatoms. The third kappa shape index (κ3) is 2.70. The number of fused-ring (bicyclic) bond motifs is 1. The van der Waals surface area contributed by atoms with Gasteiger partial charge in [-0.2, -0.15) is 0 Å². The van der Waals surface area contributed by atoms with Crippen LogP contribution in [0.25, 0.3) is 0 Å². The van der Waals surface area contributed by atoms with Crippen LogP contribution in [0, 0.1) is 0 Å². The second kappa shape index (κ2) is 5.68. The second-order valence-electron chi connectivity index (χ2n) is 5.92. The van der Waals surface area contributed by atoms with E-state index in [0.29, 0.717) is 18.0 Å². The third-order valence-electron chi connectivity index (χ3n) is 3.98. The van der Waals surface area contributed by atoms with Crippen molar-refractivity contribution in [3.63, 3.8) is 0 Å². The highest BCUT2D eigenvalue weighted by atomic mass is 32.1. The van der Waals surface area contributed by atoms with Crippen molar-refractivity contribution in [1.29, 1.82) is 0 Å². The predicted molar refractivity (Wildman–Crippen MR) is 80.6 cm³/mol. The Morgan fingerprint density at radius 1 is 1.50 bits per heavy atom. The quantitative estimate of drug-likeness (QED) is 0.825. The van der Waals surface area contributed by atoms with E-state index in [-0.39, 0.29) is 36.2 Å². The highest BCUT2D eigenvalue weighted by molar-refractivity contribution is 7.11. The predicted octanol–water partition coefficient (Wildman–Crippen LogP) is 0.0956. The lowest BCUT2D eigenvalue weighted by Gasteiger charge is -2.28. The fraction of sp³-hybridized carbons (Fsp3) is 0.571. The number of nitrogens with one attached hydrogen (secondary N) is 2. The fourth-order valence-electron chi connectivity index (χ4n) is 2.75. The Kier molecular flexibility index (Phi) is 3.86. The van der Waals surface area contributed by atoms with Gasteiger partial charge in [0.2, 0.25) is 11.8 Å². The summed E-state index contributed by atoms with van der Waals surface area (Å²) in [7, 11) is 0. The molecule has 1 aromatic heterocycles. The molecular formula is C14H18N4O3S. The summed E-state index contributed by atoms with van der Waals surface area (Å²) < 4.78 is 0. The van der Waals surface area contributed by atoms with Crippen molar-refractivity contribution >= 4 is 29.1 Å². The minimum atomic E-state index is -0.464. The van der Waals surface area contributed by atoms with Gasteiger partial charge >= 0.3 is 0 Å². The lowest BCUT2D eigenvalue weighted by molar-refractivity contribution is -0.143. The molecule has 0 bridgehead atoms. The van der Waals surface area contributed by atoms with Crippen molar-refractivity contribution in [3.05, 3.63) is 16.1 Å². The van der Waals surface area contributed by atoms with Crippen molar-refractivity contribution in [2.45, 2.75) is 38.3 Å². The number of hydrogen-bond donors (Lipinski definition) is 2. The Morgan fingerprint density at radius 2 is 2.27 bits per heavy atom. The Balaban J connectivity index is 1.65. The number of piperazine rings is 1. The number of carbonyl (C=O) groups excluding carboxylic acids is 3. The van der Waals surface area contributed by atoms with Crippen LogP contribution in [0.3, 0.4) is 0 Å². The molecule has 0 spiro atoms. The largest absolute Gasteiger partial charge is 0.345 e. The average molecular weight is 322 g/mol. The first kappa shape index (κ1) is 15.0. The molecule has 7 nitrogen and oxygen atoms in total. The number of hydrogen-bond acceptors (Lipinski definition) is 5. The third-order valence-corrected chi connectivity index (χ3v) is 4.84. The zero-order valence-corrected chi connectivity index (χ0v) is 13.3. The molecular weight excluding hydrogens is 304 g/mol. The lowest BCUT2D eigenvalue weighted by Crippen LogP contribution is -2.55. The topological polar surface area (TPSA) is 91.4 Å². The molecule has 0 aromatic carbocycles. The van der Waals surface area contributed by atoms with Crippen LogP contribution in [-0.2, 0) is 9.59 Å². The van der Waals surface area contributed by atoms with Gasteiger partial charge in [-0.3, -0.25) is 14.4 Å². The highest BCUT2D eigenvalue weighted by Crippen LogP contribution is 2.22. The molecule has 3 heterocycles. The summed E-state index contributed by atoms with van der Waals surface area (Å²) in [5, 5.41) is 7.76. The van der Waals surface area contributed by atoms with Gasteiger partial charge in [-0.1, -0.05) is 13.8 Å². The van der Waals surface area contributed by atoms with E-state index in [0.717, 1.165) is 5.69 Å². The molecule has 0 unspecified atom stereocenters. The zero-order chi connectivity index (χ0) is 15.9. The van der Waals surface area contributed by atoms with Crippen molar-refractivity contribution in [1.82, 2.24) is 20.5 Å². The Hall–Kier alpha value is -1.96. The van der Waals surface area contributed by atoms with Gasteiger partial charge in [0.05, 0.1) is 12.2 Å². The van der Waals surface area contributed by atoms with Gasteiger partial charge in [0.15, 0.2) is 5.01 Å². The van der Waals surface area contributed by atoms with Crippen LogP contribution in [0.5, 0.6) is 0 Å². The Bertz CT molecular complexity index is 603.